The predicted molar refractivity (Wildman–Crippen MR) is 92.2 cm³/mol. The number of halogens is 2. The molecule has 0 saturated heterocycles. The van der Waals surface area contributed by atoms with Crippen molar-refractivity contribution >= 4 is 34.9 Å². The average Bonchev–Trinajstić information content (AvgIpc) is 2.94. The molecule has 3 aromatic rings. The largest absolute Gasteiger partial charge is 0.305 e. The van der Waals surface area contributed by atoms with E-state index in [1.807, 2.05) is 24.3 Å². The number of benzene rings is 2. The number of nitrogens with zero attached hydrogens (tertiary/aromatic N) is 2. The molecule has 0 aliphatic carbocycles. The molecule has 0 radical (unpaired) electrons. The second-order valence-corrected chi connectivity index (χ2v) is 5.81. The lowest BCUT2D eigenvalue weighted by Gasteiger charge is -2.04. The lowest BCUT2D eigenvalue weighted by atomic mass is 10.2. The summed E-state index contributed by atoms with van der Waals surface area (Å²) in [7, 11) is 0. The number of rotatable bonds is 4. The Balaban J connectivity index is 1.70. The summed E-state index contributed by atoms with van der Waals surface area (Å²) in [6.07, 6.45) is 1.79. The Morgan fingerprint density at radius 2 is 1.91 bits per heavy atom. The van der Waals surface area contributed by atoms with Crippen molar-refractivity contribution < 1.29 is 4.79 Å². The summed E-state index contributed by atoms with van der Waals surface area (Å²) < 4.78 is 1.73. The predicted octanol–water partition coefficient (Wildman–Crippen LogP) is 4.49. The van der Waals surface area contributed by atoms with Crippen molar-refractivity contribution in [1.29, 1.82) is 0 Å². The van der Waals surface area contributed by atoms with Crippen LogP contribution in [0.2, 0.25) is 10.0 Å². The Kier molecular flexibility index (Phi) is 4.65. The van der Waals surface area contributed by atoms with E-state index in [2.05, 4.69) is 10.4 Å². The van der Waals surface area contributed by atoms with Gasteiger partial charge in [-0.1, -0.05) is 47.5 Å². The molecule has 116 valence electrons. The van der Waals surface area contributed by atoms with Gasteiger partial charge in [-0.3, -0.25) is 9.48 Å². The molecular weight excluding hydrogens is 333 g/mol. The Hall–Kier alpha value is -2.30. The summed E-state index contributed by atoms with van der Waals surface area (Å²) in [5, 5.41) is 8.15. The van der Waals surface area contributed by atoms with Crippen LogP contribution in [0.5, 0.6) is 0 Å². The van der Waals surface area contributed by atoms with Gasteiger partial charge in [0.15, 0.2) is 5.82 Å². The molecule has 0 aliphatic heterocycles. The summed E-state index contributed by atoms with van der Waals surface area (Å²) >= 11 is 12.0. The van der Waals surface area contributed by atoms with Crippen molar-refractivity contribution in [1.82, 2.24) is 9.78 Å². The van der Waals surface area contributed by atoms with E-state index in [-0.39, 0.29) is 5.91 Å². The van der Waals surface area contributed by atoms with E-state index >= 15 is 0 Å². The van der Waals surface area contributed by atoms with E-state index in [0.29, 0.717) is 28.0 Å². The van der Waals surface area contributed by atoms with Crippen LogP contribution in [0.3, 0.4) is 0 Å². The summed E-state index contributed by atoms with van der Waals surface area (Å²) in [6, 6.07) is 16.2. The number of carbonyl (C=O) groups excluding carboxylic acids is 1. The van der Waals surface area contributed by atoms with Gasteiger partial charge >= 0.3 is 0 Å². The highest BCUT2D eigenvalue weighted by atomic mass is 35.5. The van der Waals surface area contributed by atoms with Gasteiger partial charge in [0.05, 0.1) is 17.1 Å². The Labute approximate surface area is 143 Å². The maximum absolute atomic E-state index is 12.2. The first-order chi connectivity index (χ1) is 11.1. The molecule has 0 bridgehead atoms. The first kappa shape index (κ1) is 15.6. The van der Waals surface area contributed by atoms with Crippen molar-refractivity contribution in [3.63, 3.8) is 0 Å². The van der Waals surface area contributed by atoms with Crippen LogP contribution in [0.25, 0.3) is 0 Å². The fraction of sp³-hybridized carbons (Fsp3) is 0.0588. The van der Waals surface area contributed by atoms with Crippen molar-refractivity contribution in [2.24, 2.45) is 0 Å². The highest BCUT2D eigenvalue weighted by Crippen LogP contribution is 2.17. The minimum Gasteiger partial charge on any atom is -0.305 e. The van der Waals surface area contributed by atoms with E-state index in [1.165, 1.54) is 0 Å². The fourth-order valence-electron chi connectivity index (χ4n) is 2.17. The monoisotopic (exact) mass is 345 g/mol. The molecule has 0 aliphatic rings. The third-order valence-corrected chi connectivity index (χ3v) is 3.80. The number of hydrogen-bond donors (Lipinski definition) is 1. The molecule has 1 N–H and O–H groups in total. The first-order valence-corrected chi connectivity index (χ1v) is 7.71. The van der Waals surface area contributed by atoms with E-state index in [9.17, 15) is 4.79 Å². The number of anilines is 1. The second kappa shape index (κ2) is 6.86. The van der Waals surface area contributed by atoms with Crippen LogP contribution < -0.4 is 5.32 Å². The highest BCUT2D eigenvalue weighted by Gasteiger charge is 2.11. The molecule has 0 atom stereocenters. The minimum absolute atomic E-state index is 0.288. The smallest absolute Gasteiger partial charge is 0.258 e. The lowest BCUT2D eigenvalue weighted by molar-refractivity contribution is 0.102. The third kappa shape index (κ3) is 3.92. The second-order valence-electron chi connectivity index (χ2n) is 4.96. The molecule has 23 heavy (non-hydrogen) atoms. The van der Waals surface area contributed by atoms with Gasteiger partial charge in [-0.25, -0.2) is 0 Å². The van der Waals surface area contributed by atoms with E-state index in [1.54, 1.807) is 41.2 Å². The summed E-state index contributed by atoms with van der Waals surface area (Å²) in [4.78, 5) is 12.2. The van der Waals surface area contributed by atoms with Crippen molar-refractivity contribution in [2.45, 2.75) is 6.54 Å². The Morgan fingerprint density at radius 3 is 2.70 bits per heavy atom. The zero-order chi connectivity index (χ0) is 16.2. The van der Waals surface area contributed by atoms with E-state index < -0.39 is 0 Å². The van der Waals surface area contributed by atoms with Crippen molar-refractivity contribution in [3.8, 4) is 0 Å². The van der Waals surface area contributed by atoms with Crippen LogP contribution in [0.1, 0.15) is 15.9 Å². The van der Waals surface area contributed by atoms with Gasteiger partial charge in [0, 0.05) is 17.3 Å². The maximum Gasteiger partial charge on any atom is 0.258 e. The van der Waals surface area contributed by atoms with Gasteiger partial charge in [0.1, 0.15) is 0 Å². The molecule has 6 heteroatoms. The summed E-state index contributed by atoms with van der Waals surface area (Å²) in [5.74, 6) is 0.181. The Morgan fingerprint density at radius 1 is 1.09 bits per heavy atom. The zero-order valence-electron chi connectivity index (χ0n) is 12.0. The summed E-state index contributed by atoms with van der Waals surface area (Å²) in [6.45, 7) is 0.572. The molecule has 0 unspecified atom stereocenters. The van der Waals surface area contributed by atoms with Crippen LogP contribution in [0.4, 0.5) is 5.82 Å². The van der Waals surface area contributed by atoms with E-state index in [0.717, 1.165) is 5.56 Å². The number of amides is 1. The van der Waals surface area contributed by atoms with Gasteiger partial charge in [-0.05, 0) is 29.8 Å². The fourth-order valence-corrected chi connectivity index (χ4v) is 2.60. The normalized spacial score (nSPS) is 10.5. The maximum atomic E-state index is 12.2. The molecule has 1 amide bonds. The van der Waals surface area contributed by atoms with Gasteiger partial charge in [-0.2, -0.15) is 5.10 Å². The number of aromatic nitrogens is 2. The molecule has 1 aromatic heterocycles. The first-order valence-electron chi connectivity index (χ1n) is 6.95. The SMILES string of the molecule is O=C(Nc1ccn(Cc2cccc(Cl)c2)n1)c1ccccc1Cl. The van der Waals surface area contributed by atoms with Crippen LogP contribution >= 0.6 is 23.2 Å². The molecule has 2 aromatic carbocycles. The van der Waals surface area contributed by atoms with E-state index in [4.69, 9.17) is 23.2 Å². The molecule has 0 fully saturated rings. The van der Waals surface area contributed by atoms with Gasteiger partial charge < -0.3 is 5.32 Å². The lowest BCUT2D eigenvalue weighted by Crippen LogP contribution is -2.13. The van der Waals surface area contributed by atoms with Crippen LogP contribution in [0.15, 0.2) is 60.8 Å². The van der Waals surface area contributed by atoms with Crippen LogP contribution in [-0.2, 0) is 6.54 Å². The van der Waals surface area contributed by atoms with Crippen LogP contribution in [-0.4, -0.2) is 15.7 Å². The summed E-state index contributed by atoms with van der Waals surface area (Å²) in [5.41, 5.74) is 1.45. The van der Waals surface area contributed by atoms with Gasteiger partial charge in [0.25, 0.3) is 5.91 Å². The standard InChI is InChI=1S/C17H13Cl2N3O/c18-13-5-3-4-12(10-13)11-22-9-8-16(21-22)20-17(23)14-6-1-2-7-15(14)19/h1-10H,11H2,(H,20,21,23). The zero-order valence-corrected chi connectivity index (χ0v) is 13.6. The van der Waals surface area contributed by atoms with Gasteiger partial charge in [0.2, 0.25) is 0 Å². The minimum atomic E-state index is -0.288. The number of hydrogen-bond acceptors (Lipinski definition) is 2. The number of carbonyl (C=O) groups is 1. The third-order valence-electron chi connectivity index (χ3n) is 3.23. The highest BCUT2D eigenvalue weighted by molar-refractivity contribution is 6.34. The molecule has 0 saturated carbocycles. The van der Waals surface area contributed by atoms with Crippen molar-refractivity contribution in [3.05, 3.63) is 82.0 Å². The van der Waals surface area contributed by atoms with Crippen molar-refractivity contribution in [2.75, 3.05) is 5.32 Å². The average molecular weight is 346 g/mol. The quantitative estimate of drug-likeness (QED) is 0.757. The molecular formula is C17H13Cl2N3O. The molecule has 1 heterocycles. The Bertz CT molecular complexity index is 845. The molecule has 3 rings (SSSR count). The van der Waals surface area contributed by atoms with Crippen LogP contribution in [0, 0.1) is 0 Å². The molecule has 4 nitrogen and oxygen atoms in total. The topological polar surface area (TPSA) is 46.9 Å². The van der Waals surface area contributed by atoms with Gasteiger partial charge in [-0.15, -0.1) is 0 Å². The molecule has 0 spiro atoms. The number of nitrogens with one attached hydrogen (secondary N) is 1.